The van der Waals surface area contributed by atoms with Gasteiger partial charge in [0.15, 0.2) is 0 Å². The molecule has 3 rings (SSSR count). The molecule has 0 fully saturated rings. The first-order chi connectivity index (χ1) is 12.8. The van der Waals surface area contributed by atoms with Crippen LogP contribution in [0.3, 0.4) is 0 Å². The van der Waals surface area contributed by atoms with E-state index in [-0.39, 0.29) is 29.0 Å². The molecular formula is C20H16FNO5. The van der Waals surface area contributed by atoms with Crippen molar-refractivity contribution in [1.29, 1.82) is 0 Å². The Morgan fingerprint density at radius 1 is 1.15 bits per heavy atom. The summed E-state index contributed by atoms with van der Waals surface area (Å²) in [5.41, 5.74) is 1.28. The van der Waals surface area contributed by atoms with Gasteiger partial charge < -0.3 is 9.84 Å². The van der Waals surface area contributed by atoms with Crippen molar-refractivity contribution in [1.82, 2.24) is 0 Å². The number of carbonyl (C=O) groups is 3. The van der Waals surface area contributed by atoms with E-state index < -0.39 is 23.6 Å². The van der Waals surface area contributed by atoms with Gasteiger partial charge in [-0.15, -0.1) is 0 Å². The van der Waals surface area contributed by atoms with Crippen LogP contribution < -0.4 is 4.90 Å². The van der Waals surface area contributed by atoms with Crippen molar-refractivity contribution in [2.24, 2.45) is 0 Å². The minimum atomic E-state index is -0.723. The molecule has 2 aromatic rings. The maximum atomic E-state index is 13.6. The number of methoxy groups -OCH3 is 1. The fourth-order valence-electron chi connectivity index (χ4n) is 2.94. The predicted octanol–water partition coefficient (Wildman–Crippen LogP) is 2.86. The second-order valence-electron chi connectivity index (χ2n) is 5.99. The second-order valence-corrected chi connectivity index (χ2v) is 5.99. The third-order valence-electron chi connectivity index (χ3n) is 4.24. The van der Waals surface area contributed by atoms with Gasteiger partial charge in [-0.05, 0) is 23.8 Å². The number of esters is 1. The minimum Gasteiger partial charge on any atom is -0.506 e. The van der Waals surface area contributed by atoms with E-state index in [0.29, 0.717) is 11.1 Å². The van der Waals surface area contributed by atoms with Crippen LogP contribution in [0.15, 0.2) is 42.5 Å². The van der Waals surface area contributed by atoms with Crippen LogP contribution >= 0.6 is 0 Å². The molecule has 0 bridgehead atoms. The van der Waals surface area contributed by atoms with E-state index in [1.54, 1.807) is 24.3 Å². The van der Waals surface area contributed by atoms with E-state index >= 15 is 0 Å². The molecule has 2 amide bonds. The summed E-state index contributed by atoms with van der Waals surface area (Å²) in [5.74, 6) is -2.63. The highest BCUT2D eigenvalue weighted by Gasteiger charge is 2.38. The SMILES string of the molecule is COC(=O)Cc1ccc(/C(O)=C2\C(=O)N(C(C)=O)c3cc(F)ccc32)cc1. The lowest BCUT2D eigenvalue weighted by atomic mass is 10.0. The van der Waals surface area contributed by atoms with Gasteiger partial charge in [0.2, 0.25) is 5.91 Å². The van der Waals surface area contributed by atoms with Crippen LogP contribution in [0.1, 0.15) is 23.6 Å². The first kappa shape index (κ1) is 18.3. The molecule has 7 heteroatoms. The number of hydrogen-bond donors (Lipinski definition) is 1. The summed E-state index contributed by atoms with van der Waals surface area (Å²) in [4.78, 5) is 36.7. The highest BCUT2D eigenvalue weighted by molar-refractivity contribution is 6.42. The predicted molar refractivity (Wildman–Crippen MR) is 96.2 cm³/mol. The van der Waals surface area contributed by atoms with E-state index in [1.807, 2.05) is 0 Å². The molecule has 0 atom stereocenters. The Morgan fingerprint density at radius 3 is 2.41 bits per heavy atom. The van der Waals surface area contributed by atoms with Crippen molar-refractivity contribution in [2.75, 3.05) is 12.0 Å². The number of anilines is 1. The Labute approximate surface area is 154 Å². The molecule has 1 heterocycles. The molecular weight excluding hydrogens is 353 g/mol. The summed E-state index contributed by atoms with van der Waals surface area (Å²) in [6.07, 6.45) is 0.0767. The maximum Gasteiger partial charge on any atom is 0.309 e. The highest BCUT2D eigenvalue weighted by Crippen LogP contribution is 2.40. The number of ether oxygens (including phenoxy) is 1. The summed E-state index contributed by atoms with van der Waals surface area (Å²) >= 11 is 0. The molecule has 138 valence electrons. The Kier molecular flexibility index (Phi) is 4.77. The van der Waals surface area contributed by atoms with Gasteiger partial charge in [0.1, 0.15) is 11.6 Å². The van der Waals surface area contributed by atoms with Crippen molar-refractivity contribution in [3.63, 3.8) is 0 Å². The fourth-order valence-corrected chi connectivity index (χ4v) is 2.94. The van der Waals surface area contributed by atoms with E-state index in [0.717, 1.165) is 17.0 Å². The number of imide groups is 1. The summed E-state index contributed by atoms with van der Waals surface area (Å²) in [5, 5.41) is 10.7. The number of aliphatic hydroxyl groups excluding tert-OH is 1. The van der Waals surface area contributed by atoms with E-state index in [2.05, 4.69) is 4.74 Å². The third-order valence-corrected chi connectivity index (χ3v) is 4.24. The van der Waals surface area contributed by atoms with Crippen LogP contribution in [-0.4, -0.2) is 30.0 Å². The number of fused-ring (bicyclic) bond motifs is 1. The Morgan fingerprint density at radius 2 is 1.81 bits per heavy atom. The average molecular weight is 369 g/mol. The van der Waals surface area contributed by atoms with Crippen molar-refractivity contribution < 1.29 is 28.6 Å². The van der Waals surface area contributed by atoms with Gasteiger partial charge in [0, 0.05) is 18.1 Å². The average Bonchev–Trinajstić information content (AvgIpc) is 2.92. The lowest BCUT2D eigenvalue weighted by molar-refractivity contribution is -0.139. The van der Waals surface area contributed by atoms with Crippen LogP contribution in [0.2, 0.25) is 0 Å². The van der Waals surface area contributed by atoms with Crippen LogP contribution in [0.5, 0.6) is 0 Å². The number of aliphatic hydroxyl groups is 1. The smallest absolute Gasteiger partial charge is 0.309 e. The molecule has 0 saturated heterocycles. The normalized spacial score (nSPS) is 14.8. The monoisotopic (exact) mass is 369 g/mol. The third kappa shape index (κ3) is 3.31. The molecule has 0 unspecified atom stereocenters. The first-order valence-corrected chi connectivity index (χ1v) is 8.07. The zero-order chi connectivity index (χ0) is 19.7. The van der Waals surface area contributed by atoms with Gasteiger partial charge in [-0.25, -0.2) is 9.29 Å². The molecule has 0 spiro atoms. The van der Waals surface area contributed by atoms with Crippen LogP contribution in [0, 0.1) is 5.82 Å². The highest BCUT2D eigenvalue weighted by atomic mass is 19.1. The van der Waals surface area contributed by atoms with Gasteiger partial charge in [-0.1, -0.05) is 24.3 Å². The van der Waals surface area contributed by atoms with Crippen molar-refractivity contribution in [3.8, 4) is 0 Å². The molecule has 6 nitrogen and oxygen atoms in total. The number of amides is 2. The Hall–Kier alpha value is -3.48. The Balaban J connectivity index is 2.06. The standard InChI is InChI=1S/C20H16FNO5/c1-11(23)22-16-10-14(21)7-8-15(16)18(20(22)26)19(25)13-5-3-12(4-6-13)9-17(24)27-2/h3-8,10,25H,9H2,1-2H3/b19-18+. The maximum absolute atomic E-state index is 13.6. The molecule has 1 N–H and O–H groups in total. The zero-order valence-electron chi connectivity index (χ0n) is 14.7. The van der Waals surface area contributed by atoms with Crippen molar-refractivity contribution >= 4 is 34.8 Å². The molecule has 27 heavy (non-hydrogen) atoms. The van der Waals surface area contributed by atoms with Crippen molar-refractivity contribution in [2.45, 2.75) is 13.3 Å². The largest absolute Gasteiger partial charge is 0.506 e. The van der Waals surface area contributed by atoms with Crippen LogP contribution in [0.25, 0.3) is 11.3 Å². The van der Waals surface area contributed by atoms with Gasteiger partial charge in [-0.2, -0.15) is 0 Å². The van der Waals surface area contributed by atoms with Crippen molar-refractivity contribution in [3.05, 3.63) is 65.0 Å². The topological polar surface area (TPSA) is 83.9 Å². The number of benzene rings is 2. The summed E-state index contributed by atoms with van der Waals surface area (Å²) in [6.45, 7) is 1.19. The number of halogens is 1. The molecule has 0 radical (unpaired) electrons. The van der Waals surface area contributed by atoms with E-state index in [4.69, 9.17) is 0 Å². The summed E-state index contributed by atoms with van der Waals surface area (Å²) < 4.78 is 18.2. The van der Waals surface area contributed by atoms with Crippen LogP contribution in [0.4, 0.5) is 10.1 Å². The molecule has 1 aliphatic heterocycles. The lowest BCUT2D eigenvalue weighted by Gasteiger charge is -2.12. The quantitative estimate of drug-likeness (QED) is 0.511. The number of hydrogen-bond acceptors (Lipinski definition) is 5. The first-order valence-electron chi connectivity index (χ1n) is 8.07. The van der Waals surface area contributed by atoms with Crippen LogP contribution in [-0.2, 0) is 25.5 Å². The van der Waals surface area contributed by atoms with Gasteiger partial charge in [0.05, 0.1) is 24.8 Å². The molecule has 2 aromatic carbocycles. The lowest BCUT2D eigenvalue weighted by Crippen LogP contribution is -2.31. The summed E-state index contributed by atoms with van der Waals surface area (Å²) in [7, 11) is 1.29. The minimum absolute atomic E-state index is 0.0767. The summed E-state index contributed by atoms with van der Waals surface area (Å²) in [6, 6.07) is 9.92. The molecule has 1 aliphatic rings. The Bertz CT molecular complexity index is 978. The van der Waals surface area contributed by atoms with Gasteiger partial charge >= 0.3 is 5.97 Å². The number of rotatable bonds is 3. The molecule has 0 aliphatic carbocycles. The fraction of sp³-hybridized carbons (Fsp3) is 0.150. The molecule has 0 saturated carbocycles. The number of nitrogens with zero attached hydrogens (tertiary/aromatic N) is 1. The van der Waals surface area contributed by atoms with E-state index in [9.17, 15) is 23.9 Å². The number of carbonyl (C=O) groups excluding carboxylic acids is 3. The van der Waals surface area contributed by atoms with Gasteiger partial charge in [0.25, 0.3) is 5.91 Å². The van der Waals surface area contributed by atoms with E-state index in [1.165, 1.54) is 20.1 Å². The molecule has 0 aromatic heterocycles. The van der Waals surface area contributed by atoms with Gasteiger partial charge in [-0.3, -0.25) is 14.4 Å². The second kappa shape index (κ2) is 7.03. The zero-order valence-corrected chi connectivity index (χ0v) is 14.7.